The molecule has 4 heteroatoms. The number of imidazole rings is 1. The molecule has 1 heterocycles. The predicted octanol–water partition coefficient (Wildman–Crippen LogP) is 4.23. The fourth-order valence-corrected chi connectivity index (χ4v) is 3.45. The molecule has 1 fully saturated rings. The number of hydrogen-bond acceptors (Lipinski definition) is 2. The van der Waals surface area contributed by atoms with Crippen molar-refractivity contribution in [3.8, 4) is 6.07 Å². The van der Waals surface area contributed by atoms with Crippen LogP contribution >= 0.6 is 11.6 Å². The number of hydrogen-bond donors (Lipinski definition) is 0. The second-order valence-electron chi connectivity index (χ2n) is 5.54. The van der Waals surface area contributed by atoms with Gasteiger partial charge in [0.05, 0.1) is 17.0 Å². The van der Waals surface area contributed by atoms with Crippen molar-refractivity contribution in [3.05, 3.63) is 29.6 Å². The third kappa shape index (κ3) is 2.41. The maximum atomic E-state index is 9.18. The van der Waals surface area contributed by atoms with Crippen LogP contribution in [0.4, 0.5) is 0 Å². The number of halogens is 1. The summed E-state index contributed by atoms with van der Waals surface area (Å²) >= 11 is 6.03. The standard InChI is InChI=1S/C16H18ClN3/c17-10-15-19-16-13(11-18)6-3-7-14(16)20(15)9-8-12-4-1-2-5-12/h3,6-7,12H,1-2,4-5,8-10H2. The Bertz CT molecular complexity index is 648. The van der Waals surface area contributed by atoms with Crippen molar-refractivity contribution in [2.75, 3.05) is 0 Å². The van der Waals surface area contributed by atoms with E-state index in [-0.39, 0.29) is 0 Å². The van der Waals surface area contributed by atoms with Crippen LogP contribution < -0.4 is 0 Å². The van der Waals surface area contributed by atoms with E-state index >= 15 is 0 Å². The second-order valence-corrected chi connectivity index (χ2v) is 5.80. The summed E-state index contributed by atoms with van der Waals surface area (Å²) in [5.41, 5.74) is 2.46. The van der Waals surface area contributed by atoms with Gasteiger partial charge in [-0.25, -0.2) is 4.98 Å². The van der Waals surface area contributed by atoms with Crippen LogP contribution in [-0.2, 0) is 12.4 Å². The van der Waals surface area contributed by atoms with Crippen LogP contribution in [0.25, 0.3) is 11.0 Å². The van der Waals surface area contributed by atoms with E-state index in [1.165, 1.54) is 32.1 Å². The molecular formula is C16H18ClN3. The summed E-state index contributed by atoms with van der Waals surface area (Å²) in [6.07, 6.45) is 6.64. The first-order chi connectivity index (χ1) is 9.83. The van der Waals surface area contributed by atoms with Crippen molar-refractivity contribution >= 4 is 22.6 Å². The zero-order valence-corrected chi connectivity index (χ0v) is 12.2. The highest BCUT2D eigenvalue weighted by atomic mass is 35.5. The maximum absolute atomic E-state index is 9.18. The van der Waals surface area contributed by atoms with E-state index in [1.807, 2.05) is 18.2 Å². The van der Waals surface area contributed by atoms with Crippen molar-refractivity contribution in [1.29, 1.82) is 5.26 Å². The van der Waals surface area contributed by atoms with Crippen molar-refractivity contribution in [2.24, 2.45) is 5.92 Å². The van der Waals surface area contributed by atoms with E-state index in [4.69, 9.17) is 11.6 Å². The molecule has 3 rings (SSSR count). The highest BCUT2D eigenvalue weighted by Crippen LogP contribution is 2.29. The van der Waals surface area contributed by atoms with Crippen LogP contribution in [0.2, 0.25) is 0 Å². The lowest BCUT2D eigenvalue weighted by Gasteiger charge is -2.12. The third-order valence-corrected chi connectivity index (χ3v) is 4.57. The minimum atomic E-state index is 0.393. The van der Waals surface area contributed by atoms with Gasteiger partial charge in [0.2, 0.25) is 0 Å². The van der Waals surface area contributed by atoms with Gasteiger partial charge in [-0.3, -0.25) is 0 Å². The molecule has 1 aliphatic carbocycles. The zero-order valence-electron chi connectivity index (χ0n) is 11.5. The molecule has 1 saturated carbocycles. The fraction of sp³-hybridized carbons (Fsp3) is 0.500. The maximum Gasteiger partial charge on any atom is 0.124 e. The zero-order chi connectivity index (χ0) is 13.9. The van der Waals surface area contributed by atoms with Crippen LogP contribution in [0, 0.1) is 17.2 Å². The second kappa shape index (κ2) is 5.85. The van der Waals surface area contributed by atoms with Gasteiger partial charge in [0, 0.05) is 6.54 Å². The number of fused-ring (bicyclic) bond motifs is 1. The van der Waals surface area contributed by atoms with Gasteiger partial charge >= 0.3 is 0 Å². The Morgan fingerprint density at radius 3 is 2.85 bits per heavy atom. The Balaban J connectivity index is 1.93. The van der Waals surface area contributed by atoms with Crippen LogP contribution in [0.1, 0.15) is 43.5 Å². The normalized spacial score (nSPS) is 15.8. The first-order valence-corrected chi connectivity index (χ1v) is 7.81. The number of nitriles is 1. The number of aromatic nitrogens is 2. The number of aryl methyl sites for hydroxylation is 1. The van der Waals surface area contributed by atoms with E-state index in [2.05, 4.69) is 15.6 Å². The molecule has 0 saturated heterocycles. The van der Waals surface area contributed by atoms with E-state index in [0.717, 1.165) is 29.3 Å². The molecular weight excluding hydrogens is 270 g/mol. The Labute approximate surface area is 124 Å². The molecule has 2 aromatic rings. The number of rotatable bonds is 4. The lowest BCUT2D eigenvalue weighted by Crippen LogP contribution is -2.06. The Kier molecular flexibility index (Phi) is 3.93. The Hall–Kier alpha value is -1.53. The minimum Gasteiger partial charge on any atom is -0.327 e. The average Bonchev–Trinajstić information content (AvgIpc) is 3.11. The van der Waals surface area contributed by atoms with E-state index in [1.54, 1.807) is 0 Å². The summed E-state index contributed by atoms with van der Waals surface area (Å²) < 4.78 is 2.20. The molecule has 104 valence electrons. The summed E-state index contributed by atoms with van der Waals surface area (Å²) in [5, 5.41) is 9.18. The molecule has 0 radical (unpaired) electrons. The van der Waals surface area contributed by atoms with Gasteiger partial charge in [0.15, 0.2) is 0 Å². The van der Waals surface area contributed by atoms with Crippen LogP contribution in [-0.4, -0.2) is 9.55 Å². The number of alkyl halides is 1. The first-order valence-electron chi connectivity index (χ1n) is 7.27. The van der Waals surface area contributed by atoms with Gasteiger partial charge in [0.25, 0.3) is 0 Å². The van der Waals surface area contributed by atoms with Crippen molar-refractivity contribution in [2.45, 2.75) is 44.5 Å². The molecule has 1 aromatic heterocycles. The molecule has 1 aliphatic rings. The van der Waals surface area contributed by atoms with Crippen molar-refractivity contribution in [1.82, 2.24) is 9.55 Å². The van der Waals surface area contributed by atoms with Crippen molar-refractivity contribution < 1.29 is 0 Å². The summed E-state index contributed by atoms with van der Waals surface area (Å²) in [7, 11) is 0. The molecule has 0 atom stereocenters. The lowest BCUT2D eigenvalue weighted by molar-refractivity contribution is 0.458. The van der Waals surface area contributed by atoms with Crippen LogP contribution in [0.3, 0.4) is 0 Å². The predicted molar refractivity (Wildman–Crippen MR) is 80.6 cm³/mol. The topological polar surface area (TPSA) is 41.6 Å². The molecule has 0 spiro atoms. The van der Waals surface area contributed by atoms with Gasteiger partial charge in [-0.15, -0.1) is 11.6 Å². The van der Waals surface area contributed by atoms with E-state index < -0.39 is 0 Å². The number of para-hydroxylation sites is 1. The molecule has 0 N–H and O–H groups in total. The van der Waals surface area contributed by atoms with E-state index in [9.17, 15) is 5.26 Å². The summed E-state index contributed by atoms with van der Waals surface area (Å²) in [4.78, 5) is 4.56. The largest absolute Gasteiger partial charge is 0.327 e. The highest BCUT2D eigenvalue weighted by molar-refractivity contribution is 6.16. The summed E-state index contributed by atoms with van der Waals surface area (Å²) in [6, 6.07) is 7.99. The quantitative estimate of drug-likeness (QED) is 0.790. The van der Waals surface area contributed by atoms with Gasteiger partial charge in [0.1, 0.15) is 17.4 Å². The van der Waals surface area contributed by atoms with E-state index in [0.29, 0.717) is 11.4 Å². The lowest BCUT2D eigenvalue weighted by atomic mass is 10.0. The van der Waals surface area contributed by atoms with Gasteiger partial charge in [-0.2, -0.15) is 5.26 Å². The minimum absolute atomic E-state index is 0.393. The van der Waals surface area contributed by atoms with Gasteiger partial charge in [-0.1, -0.05) is 31.7 Å². The Morgan fingerprint density at radius 1 is 1.35 bits per heavy atom. The number of benzene rings is 1. The SMILES string of the molecule is N#Cc1cccc2c1nc(CCl)n2CCC1CCCC1. The molecule has 20 heavy (non-hydrogen) atoms. The summed E-state index contributed by atoms with van der Waals surface area (Å²) in [6.45, 7) is 0.956. The van der Waals surface area contributed by atoms with Crippen LogP contribution in [0.5, 0.6) is 0 Å². The first kappa shape index (κ1) is 13.5. The average molecular weight is 288 g/mol. The molecule has 3 nitrogen and oxygen atoms in total. The molecule has 1 aromatic carbocycles. The Morgan fingerprint density at radius 2 is 2.15 bits per heavy atom. The molecule has 0 aliphatic heterocycles. The smallest absolute Gasteiger partial charge is 0.124 e. The monoisotopic (exact) mass is 287 g/mol. The molecule has 0 amide bonds. The molecule has 0 bridgehead atoms. The van der Waals surface area contributed by atoms with Crippen molar-refractivity contribution in [3.63, 3.8) is 0 Å². The third-order valence-electron chi connectivity index (χ3n) is 4.33. The number of nitrogens with zero attached hydrogens (tertiary/aromatic N) is 3. The van der Waals surface area contributed by atoms with Gasteiger partial charge < -0.3 is 4.57 Å². The molecule has 0 unspecified atom stereocenters. The highest BCUT2D eigenvalue weighted by Gasteiger charge is 2.17. The summed E-state index contributed by atoms with van der Waals surface area (Å²) in [5.74, 6) is 2.11. The van der Waals surface area contributed by atoms with Gasteiger partial charge in [-0.05, 0) is 24.5 Å². The fourth-order valence-electron chi connectivity index (χ4n) is 3.25. The van der Waals surface area contributed by atoms with Crippen LogP contribution in [0.15, 0.2) is 18.2 Å².